The van der Waals surface area contributed by atoms with Gasteiger partial charge in [-0.3, -0.25) is 4.79 Å². The van der Waals surface area contributed by atoms with Crippen LogP contribution >= 0.6 is 0 Å². The summed E-state index contributed by atoms with van der Waals surface area (Å²) in [6, 6.07) is 19.6. The number of ether oxygens (including phenoxy) is 2. The highest BCUT2D eigenvalue weighted by atomic mass is 127. The highest BCUT2D eigenvalue weighted by molar-refractivity contribution is 6.05. The predicted molar refractivity (Wildman–Crippen MR) is 169 cm³/mol. The molecule has 0 aliphatic rings. The fourth-order valence-corrected chi connectivity index (χ4v) is 5.09. The van der Waals surface area contributed by atoms with Gasteiger partial charge in [-0.05, 0) is 43.2 Å². The number of rotatable bonds is 20. The number of amides is 1. The number of anilines is 1. The number of carbonyl (C=O) groups excluding carboxylic acids is 1. The van der Waals surface area contributed by atoms with E-state index in [9.17, 15) is 4.79 Å². The number of methoxy groups -OCH3 is 1. The molecule has 0 spiro atoms. The Hall–Kier alpha value is -2.61. The normalized spacial score (nSPS) is 10.6. The zero-order chi connectivity index (χ0) is 29.1. The Balaban J connectivity index is 0.00000616. The fourth-order valence-electron chi connectivity index (χ4n) is 5.09. The van der Waals surface area contributed by atoms with E-state index in [4.69, 9.17) is 9.47 Å². The van der Waals surface area contributed by atoms with Gasteiger partial charge in [0.15, 0.2) is 23.9 Å². The zero-order valence-electron chi connectivity index (χ0n) is 26.0. The lowest BCUT2D eigenvalue weighted by Gasteiger charge is -2.23. The second-order valence-electron chi connectivity index (χ2n) is 10.9. The average molecular weight is 687 g/mol. The molecule has 0 aliphatic carbocycles. The minimum atomic E-state index is -0.0364. The molecule has 0 fully saturated rings. The minimum Gasteiger partial charge on any atom is -1.00 e. The first-order valence-electron chi connectivity index (χ1n) is 15.8. The SMILES string of the molecule is CCCCCCCCCCCCCCOc1ccc(CN(C(=O)c2cc[n+](CC)cc2)c2ccccc2)cc1OC.[I-]. The van der Waals surface area contributed by atoms with Gasteiger partial charge in [0.25, 0.3) is 5.91 Å². The van der Waals surface area contributed by atoms with Gasteiger partial charge in [-0.2, -0.15) is 0 Å². The first-order valence-corrected chi connectivity index (χ1v) is 15.8. The van der Waals surface area contributed by atoms with Crippen LogP contribution in [0.2, 0.25) is 0 Å². The molecule has 1 heterocycles. The Kier molecular flexibility index (Phi) is 17.9. The van der Waals surface area contributed by atoms with E-state index in [0.29, 0.717) is 24.5 Å². The smallest absolute Gasteiger partial charge is 0.259 e. The van der Waals surface area contributed by atoms with Crippen LogP contribution in [0.5, 0.6) is 11.5 Å². The molecule has 3 aromatic rings. The van der Waals surface area contributed by atoms with Crippen molar-refractivity contribution in [2.24, 2.45) is 0 Å². The maximum Gasteiger partial charge on any atom is 0.259 e. The molecule has 1 aromatic heterocycles. The quantitative estimate of drug-likeness (QED) is 0.0841. The Labute approximate surface area is 271 Å². The summed E-state index contributed by atoms with van der Waals surface area (Å²) >= 11 is 0. The number of hydrogen-bond acceptors (Lipinski definition) is 3. The molecule has 5 nitrogen and oxygen atoms in total. The zero-order valence-corrected chi connectivity index (χ0v) is 28.2. The largest absolute Gasteiger partial charge is 1.00 e. The van der Waals surface area contributed by atoms with E-state index in [1.807, 2.05) is 82.5 Å². The summed E-state index contributed by atoms with van der Waals surface area (Å²) < 4.78 is 13.8. The van der Waals surface area contributed by atoms with Crippen molar-refractivity contribution in [2.75, 3.05) is 18.6 Å². The molecule has 0 bridgehead atoms. The Morgan fingerprint density at radius 2 is 1.33 bits per heavy atom. The molecule has 6 heteroatoms. The van der Waals surface area contributed by atoms with Crippen LogP contribution in [0, 0.1) is 0 Å². The summed E-state index contributed by atoms with van der Waals surface area (Å²) in [5.74, 6) is 1.42. The van der Waals surface area contributed by atoms with Crippen LogP contribution in [0.1, 0.15) is 107 Å². The number of pyridine rings is 1. The monoisotopic (exact) mass is 686 g/mol. The third-order valence-electron chi connectivity index (χ3n) is 7.64. The van der Waals surface area contributed by atoms with Crippen molar-refractivity contribution in [3.63, 3.8) is 0 Å². The summed E-state index contributed by atoms with van der Waals surface area (Å²) in [5, 5.41) is 0. The second-order valence-corrected chi connectivity index (χ2v) is 10.9. The molecule has 0 unspecified atom stereocenters. The summed E-state index contributed by atoms with van der Waals surface area (Å²) in [6.45, 7) is 6.34. The van der Waals surface area contributed by atoms with Gasteiger partial charge in [-0.25, -0.2) is 4.57 Å². The van der Waals surface area contributed by atoms with Gasteiger partial charge in [0, 0.05) is 17.8 Å². The summed E-state index contributed by atoms with van der Waals surface area (Å²) in [7, 11) is 1.67. The lowest BCUT2D eigenvalue weighted by Crippen LogP contribution is -3.00. The number of benzene rings is 2. The lowest BCUT2D eigenvalue weighted by molar-refractivity contribution is -0.693. The van der Waals surface area contributed by atoms with E-state index >= 15 is 0 Å². The second kappa shape index (κ2) is 21.1. The van der Waals surface area contributed by atoms with Crippen molar-refractivity contribution in [1.82, 2.24) is 0 Å². The lowest BCUT2D eigenvalue weighted by atomic mass is 10.1. The van der Waals surface area contributed by atoms with Crippen molar-refractivity contribution >= 4 is 11.6 Å². The van der Waals surface area contributed by atoms with Crippen LogP contribution in [0.4, 0.5) is 5.69 Å². The molecule has 0 aliphatic heterocycles. The van der Waals surface area contributed by atoms with E-state index in [-0.39, 0.29) is 29.9 Å². The van der Waals surface area contributed by atoms with E-state index in [0.717, 1.165) is 30.0 Å². The third-order valence-corrected chi connectivity index (χ3v) is 7.64. The van der Waals surface area contributed by atoms with Gasteiger partial charge < -0.3 is 38.4 Å². The molecule has 0 saturated heterocycles. The topological polar surface area (TPSA) is 42.7 Å². The van der Waals surface area contributed by atoms with E-state index in [1.165, 1.54) is 70.6 Å². The molecule has 1 amide bonds. The number of unbranched alkanes of at least 4 members (excludes halogenated alkanes) is 11. The van der Waals surface area contributed by atoms with Crippen LogP contribution in [-0.4, -0.2) is 19.6 Å². The van der Waals surface area contributed by atoms with Gasteiger partial charge in [-0.1, -0.05) is 102 Å². The molecular weight excluding hydrogens is 635 g/mol. The highest BCUT2D eigenvalue weighted by Gasteiger charge is 2.20. The Morgan fingerprint density at radius 1 is 0.738 bits per heavy atom. The first kappa shape index (κ1) is 35.6. The summed E-state index contributed by atoms with van der Waals surface area (Å²) in [4.78, 5) is 15.4. The molecule has 230 valence electrons. The molecule has 0 N–H and O–H groups in total. The average Bonchev–Trinajstić information content (AvgIpc) is 3.02. The molecule has 0 atom stereocenters. The molecule has 0 saturated carbocycles. The number of nitrogens with zero attached hydrogens (tertiary/aromatic N) is 2. The maximum absolute atomic E-state index is 13.6. The number of aryl methyl sites for hydroxylation is 1. The van der Waals surface area contributed by atoms with Crippen molar-refractivity contribution in [2.45, 2.75) is 104 Å². The maximum atomic E-state index is 13.6. The molecule has 0 radical (unpaired) electrons. The predicted octanol–water partition coefficient (Wildman–Crippen LogP) is 5.93. The highest BCUT2D eigenvalue weighted by Crippen LogP contribution is 2.30. The summed E-state index contributed by atoms with van der Waals surface area (Å²) in [5.41, 5.74) is 2.50. The van der Waals surface area contributed by atoms with Crippen LogP contribution < -0.4 is 42.9 Å². The standard InChI is InChI=1S/C36H51N2O3.HI/c1-4-6-7-8-9-10-11-12-13-14-15-19-28-41-34-23-22-31(29-35(34)40-3)30-38(33-20-17-16-18-21-33)36(39)32-24-26-37(5-2)27-25-32;/h16-18,20-27,29H,4-15,19,28,30H2,1-3H3;1H/q+1;/p-1. The van der Waals surface area contributed by atoms with Crippen LogP contribution in [0.3, 0.4) is 0 Å². The van der Waals surface area contributed by atoms with E-state index in [2.05, 4.69) is 13.8 Å². The molecule has 3 rings (SSSR count). The minimum absolute atomic E-state index is 0. The van der Waals surface area contributed by atoms with Crippen molar-refractivity contribution < 1.29 is 42.8 Å². The van der Waals surface area contributed by atoms with Crippen molar-refractivity contribution in [3.8, 4) is 11.5 Å². The van der Waals surface area contributed by atoms with Crippen LogP contribution in [0.25, 0.3) is 0 Å². The number of carbonyl (C=O) groups is 1. The Morgan fingerprint density at radius 3 is 1.90 bits per heavy atom. The van der Waals surface area contributed by atoms with Crippen molar-refractivity contribution in [3.05, 3.63) is 84.2 Å². The van der Waals surface area contributed by atoms with E-state index in [1.54, 1.807) is 7.11 Å². The number of para-hydroxylation sites is 1. The summed E-state index contributed by atoms with van der Waals surface area (Å²) in [6.07, 6.45) is 19.8. The first-order chi connectivity index (χ1) is 20.2. The van der Waals surface area contributed by atoms with Gasteiger partial charge in [0.1, 0.15) is 6.54 Å². The van der Waals surface area contributed by atoms with Gasteiger partial charge in [0.05, 0.1) is 25.8 Å². The molecular formula is C36H51IN2O3. The van der Waals surface area contributed by atoms with Crippen LogP contribution in [0.15, 0.2) is 73.1 Å². The third kappa shape index (κ3) is 12.3. The Bertz CT molecular complexity index is 1140. The van der Waals surface area contributed by atoms with Gasteiger partial charge in [-0.15, -0.1) is 0 Å². The van der Waals surface area contributed by atoms with Gasteiger partial charge in [0.2, 0.25) is 0 Å². The molecule has 42 heavy (non-hydrogen) atoms. The van der Waals surface area contributed by atoms with Gasteiger partial charge >= 0.3 is 0 Å². The number of hydrogen-bond donors (Lipinski definition) is 0. The fraction of sp³-hybridized carbons (Fsp3) is 0.500. The molecule has 2 aromatic carbocycles. The number of halogens is 1. The van der Waals surface area contributed by atoms with Crippen molar-refractivity contribution in [1.29, 1.82) is 0 Å². The van der Waals surface area contributed by atoms with E-state index < -0.39 is 0 Å². The van der Waals surface area contributed by atoms with Crippen LogP contribution in [-0.2, 0) is 13.1 Å². The number of aromatic nitrogens is 1.